The van der Waals surface area contributed by atoms with Crippen molar-refractivity contribution in [3.05, 3.63) is 30.1 Å². The van der Waals surface area contributed by atoms with Gasteiger partial charge >= 0.3 is 6.09 Å². The van der Waals surface area contributed by atoms with E-state index in [-0.39, 0.29) is 24.9 Å². The minimum Gasteiger partial charge on any atom is -0.450 e. The van der Waals surface area contributed by atoms with Gasteiger partial charge in [-0.2, -0.15) is 0 Å². The molecule has 0 atom stereocenters. The van der Waals surface area contributed by atoms with E-state index >= 15 is 0 Å². The zero-order valence-electron chi connectivity index (χ0n) is 15.4. The number of rotatable bonds is 7. The fraction of sp³-hybridized carbons (Fsp3) is 0.556. The molecule has 0 aliphatic carbocycles. The zero-order chi connectivity index (χ0) is 18.9. The second-order valence-corrected chi connectivity index (χ2v) is 6.21. The van der Waals surface area contributed by atoms with E-state index in [1.165, 1.54) is 24.1 Å². The van der Waals surface area contributed by atoms with Gasteiger partial charge in [-0.25, -0.2) is 9.18 Å². The summed E-state index contributed by atoms with van der Waals surface area (Å²) in [6, 6.07) is 6.55. The van der Waals surface area contributed by atoms with Gasteiger partial charge in [-0.15, -0.1) is 0 Å². The van der Waals surface area contributed by atoms with Crippen molar-refractivity contribution in [3.63, 3.8) is 0 Å². The van der Waals surface area contributed by atoms with E-state index in [2.05, 4.69) is 15.1 Å². The van der Waals surface area contributed by atoms with E-state index in [0.29, 0.717) is 6.54 Å². The molecule has 1 N–H and O–H groups in total. The first kappa shape index (κ1) is 20.0. The van der Waals surface area contributed by atoms with E-state index in [1.807, 2.05) is 0 Å². The molecule has 1 saturated heterocycles. The second-order valence-electron chi connectivity index (χ2n) is 6.21. The predicted octanol–water partition coefficient (Wildman–Crippen LogP) is 1.15. The van der Waals surface area contributed by atoms with Crippen molar-refractivity contribution in [3.8, 4) is 0 Å². The van der Waals surface area contributed by atoms with Crippen molar-refractivity contribution in [2.45, 2.75) is 6.92 Å². The van der Waals surface area contributed by atoms with Gasteiger partial charge in [-0.3, -0.25) is 9.69 Å². The molecule has 0 spiro atoms. The number of benzene rings is 1. The Kier molecular flexibility index (Phi) is 7.65. The van der Waals surface area contributed by atoms with Crippen LogP contribution in [0.1, 0.15) is 6.92 Å². The van der Waals surface area contributed by atoms with E-state index in [1.54, 1.807) is 19.1 Å². The lowest BCUT2D eigenvalue weighted by atomic mass is 10.2. The Morgan fingerprint density at radius 3 is 2.46 bits per heavy atom. The van der Waals surface area contributed by atoms with Gasteiger partial charge in [0.15, 0.2) is 0 Å². The third-order valence-electron chi connectivity index (χ3n) is 4.27. The molecule has 1 aliphatic heterocycles. The van der Waals surface area contributed by atoms with Gasteiger partial charge in [-0.1, -0.05) is 0 Å². The highest BCUT2D eigenvalue weighted by molar-refractivity contribution is 5.82. The van der Waals surface area contributed by atoms with Crippen LogP contribution in [0.5, 0.6) is 0 Å². The van der Waals surface area contributed by atoms with Gasteiger partial charge in [0.1, 0.15) is 12.4 Å². The first-order valence-corrected chi connectivity index (χ1v) is 8.87. The van der Waals surface area contributed by atoms with Crippen LogP contribution in [0, 0.1) is 5.82 Å². The van der Waals surface area contributed by atoms with Gasteiger partial charge in [0.05, 0.1) is 6.61 Å². The monoisotopic (exact) mass is 366 g/mol. The van der Waals surface area contributed by atoms with Gasteiger partial charge in [0.25, 0.3) is 0 Å². The molecule has 1 fully saturated rings. The van der Waals surface area contributed by atoms with Crippen LogP contribution >= 0.6 is 0 Å². The lowest BCUT2D eigenvalue weighted by Crippen LogP contribution is -2.49. The molecule has 0 unspecified atom stereocenters. The number of hydrogen-bond acceptors (Lipinski definition) is 5. The van der Waals surface area contributed by atoms with Crippen molar-refractivity contribution in [1.29, 1.82) is 0 Å². The smallest absolute Gasteiger partial charge is 0.409 e. The Labute approximate surface area is 153 Å². The van der Waals surface area contributed by atoms with Crippen molar-refractivity contribution < 1.29 is 18.7 Å². The molecule has 7 nitrogen and oxygen atoms in total. The molecule has 1 heterocycles. The largest absolute Gasteiger partial charge is 0.450 e. The quantitative estimate of drug-likeness (QED) is 0.784. The number of likely N-dealkylation sites (N-methyl/N-ethyl adjacent to an activating group) is 1. The van der Waals surface area contributed by atoms with Gasteiger partial charge in [0, 0.05) is 52.0 Å². The number of carbonyl (C=O) groups is 2. The maximum absolute atomic E-state index is 13.0. The first-order chi connectivity index (χ1) is 12.5. The number of nitrogens with zero attached hydrogens (tertiary/aromatic N) is 3. The predicted molar refractivity (Wildman–Crippen MR) is 97.7 cm³/mol. The lowest BCUT2D eigenvalue weighted by molar-refractivity contribution is -0.121. The van der Waals surface area contributed by atoms with E-state index < -0.39 is 6.09 Å². The Balaban J connectivity index is 1.63. The number of hydrogen-bond donors (Lipinski definition) is 1. The number of amides is 2. The summed E-state index contributed by atoms with van der Waals surface area (Å²) < 4.78 is 17.8. The van der Waals surface area contributed by atoms with Gasteiger partial charge in [-0.05, 0) is 31.2 Å². The molecule has 0 bridgehead atoms. The minimum absolute atomic E-state index is 0.0167. The average molecular weight is 366 g/mol. The number of piperazine rings is 1. The molecule has 0 aromatic heterocycles. The second kappa shape index (κ2) is 9.96. The standard InChI is InChI=1S/C18H27FN4O3/c1-3-26-18(25)21(2)14-17(24)20-8-9-22-10-12-23(13-11-22)16-6-4-15(19)5-7-16/h4-7H,3,8-14H2,1-2H3,(H,20,24). The summed E-state index contributed by atoms with van der Waals surface area (Å²) in [7, 11) is 1.53. The number of carbonyl (C=O) groups excluding carboxylic acids is 2. The van der Waals surface area contributed by atoms with Crippen LogP contribution in [0.25, 0.3) is 0 Å². The summed E-state index contributed by atoms with van der Waals surface area (Å²) in [4.78, 5) is 29.1. The topological polar surface area (TPSA) is 65.1 Å². The maximum Gasteiger partial charge on any atom is 0.409 e. The fourth-order valence-corrected chi connectivity index (χ4v) is 2.80. The fourth-order valence-electron chi connectivity index (χ4n) is 2.80. The molecule has 1 aliphatic rings. The highest BCUT2D eigenvalue weighted by Crippen LogP contribution is 2.16. The molecular formula is C18H27FN4O3. The molecule has 8 heteroatoms. The molecule has 26 heavy (non-hydrogen) atoms. The zero-order valence-corrected chi connectivity index (χ0v) is 15.4. The van der Waals surface area contributed by atoms with E-state index in [0.717, 1.165) is 38.4 Å². The van der Waals surface area contributed by atoms with Crippen LogP contribution in [-0.2, 0) is 9.53 Å². The number of ether oxygens (including phenoxy) is 1. The maximum atomic E-state index is 13.0. The van der Waals surface area contributed by atoms with Crippen LogP contribution in [0.15, 0.2) is 24.3 Å². The summed E-state index contributed by atoms with van der Waals surface area (Å²) in [5.41, 5.74) is 1.03. The van der Waals surface area contributed by atoms with Crippen molar-refractivity contribution in [2.24, 2.45) is 0 Å². The number of nitrogens with one attached hydrogen (secondary N) is 1. The lowest BCUT2D eigenvalue weighted by Gasteiger charge is -2.36. The van der Waals surface area contributed by atoms with Crippen LogP contribution in [0.2, 0.25) is 0 Å². The first-order valence-electron chi connectivity index (χ1n) is 8.87. The van der Waals surface area contributed by atoms with Crippen LogP contribution in [0.4, 0.5) is 14.9 Å². The third-order valence-corrected chi connectivity index (χ3v) is 4.27. The highest BCUT2D eigenvalue weighted by Gasteiger charge is 2.18. The molecule has 2 amide bonds. The molecule has 1 aromatic carbocycles. The summed E-state index contributed by atoms with van der Waals surface area (Å²) in [6.07, 6.45) is -0.500. The summed E-state index contributed by atoms with van der Waals surface area (Å²) in [6.45, 7) is 6.79. The van der Waals surface area contributed by atoms with Crippen LogP contribution in [-0.4, -0.2) is 81.3 Å². The number of halogens is 1. The van der Waals surface area contributed by atoms with E-state index in [4.69, 9.17) is 4.74 Å². The van der Waals surface area contributed by atoms with Crippen LogP contribution in [0.3, 0.4) is 0 Å². The summed E-state index contributed by atoms with van der Waals surface area (Å²) in [5.74, 6) is -0.428. The Hall–Kier alpha value is -2.35. The highest BCUT2D eigenvalue weighted by atomic mass is 19.1. The average Bonchev–Trinajstić information content (AvgIpc) is 2.63. The minimum atomic E-state index is -0.500. The van der Waals surface area contributed by atoms with Crippen molar-refractivity contribution >= 4 is 17.7 Å². The Bertz CT molecular complexity index is 589. The molecule has 0 radical (unpaired) electrons. The molecule has 2 rings (SSSR count). The van der Waals surface area contributed by atoms with Gasteiger partial charge in [0.2, 0.25) is 5.91 Å². The third kappa shape index (κ3) is 6.18. The summed E-state index contributed by atoms with van der Waals surface area (Å²) in [5, 5.41) is 2.82. The van der Waals surface area contributed by atoms with Crippen LogP contribution < -0.4 is 10.2 Å². The number of anilines is 1. The summed E-state index contributed by atoms with van der Waals surface area (Å²) >= 11 is 0. The van der Waals surface area contributed by atoms with Gasteiger partial charge < -0.3 is 19.9 Å². The molecular weight excluding hydrogens is 339 g/mol. The molecule has 1 aromatic rings. The molecule has 144 valence electrons. The van der Waals surface area contributed by atoms with E-state index in [9.17, 15) is 14.0 Å². The molecule has 0 saturated carbocycles. The van der Waals surface area contributed by atoms with Crippen molar-refractivity contribution in [2.75, 3.05) is 64.4 Å². The Morgan fingerprint density at radius 2 is 1.85 bits per heavy atom. The SMILES string of the molecule is CCOC(=O)N(C)CC(=O)NCCN1CCN(c2ccc(F)cc2)CC1. The van der Waals surface area contributed by atoms with Crippen molar-refractivity contribution in [1.82, 2.24) is 15.1 Å². The Morgan fingerprint density at radius 1 is 1.19 bits per heavy atom. The normalized spacial score (nSPS) is 14.8.